The van der Waals surface area contributed by atoms with Crippen molar-refractivity contribution in [3.05, 3.63) is 96.0 Å². The summed E-state index contributed by atoms with van der Waals surface area (Å²) in [5, 5.41) is 6.71. The van der Waals surface area contributed by atoms with Gasteiger partial charge in [0, 0.05) is 38.5 Å². The Hall–Kier alpha value is -3.70. The van der Waals surface area contributed by atoms with E-state index in [1.807, 2.05) is 73.8 Å². The molecule has 0 unspecified atom stereocenters. The zero-order valence-corrected chi connectivity index (χ0v) is 17.2. The first kappa shape index (κ1) is 18.3. The highest BCUT2D eigenvalue weighted by molar-refractivity contribution is 7.17. The van der Waals surface area contributed by atoms with Crippen molar-refractivity contribution in [2.75, 3.05) is 5.32 Å². The number of rotatable bonds is 5. The van der Waals surface area contributed by atoms with E-state index in [9.17, 15) is 0 Å². The Morgan fingerprint density at radius 1 is 0.833 bits per heavy atom. The highest BCUT2D eigenvalue weighted by Crippen LogP contribution is 2.33. The fourth-order valence-corrected chi connectivity index (χ4v) is 4.16. The predicted octanol–water partition coefficient (Wildman–Crippen LogP) is 7.20. The average Bonchev–Trinajstić information content (AvgIpc) is 3.22. The van der Waals surface area contributed by atoms with E-state index in [4.69, 9.17) is 9.72 Å². The summed E-state index contributed by atoms with van der Waals surface area (Å²) in [7, 11) is 0. The van der Waals surface area contributed by atoms with Gasteiger partial charge in [-0.2, -0.15) is 0 Å². The molecule has 2 heterocycles. The number of nitrogens with one attached hydrogen (secondary N) is 1. The average molecular weight is 410 g/mol. The van der Waals surface area contributed by atoms with Crippen molar-refractivity contribution < 1.29 is 4.74 Å². The van der Waals surface area contributed by atoms with Crippen LogP contribution in [0.25, 0.3) is 21.5 Å². The Bertz CT molecular complexity index is 1300. The maximum Gasteiger partial charge on any atom is 0.162 e. The molecule has 0 atom stereocenters. The van der Waals surface area contributed by atoms with Gasteiger partial charge in [-0.1, -0.05) is 36.4 Å². The summed E-state index contributed by atoms with van der Waals surface area (Å²) in [5.74, 6) is 3.13. The Kier molecular flexibility index (Phi) is 4.87. The number of fused-ring (bicyclic) bond motifs is 1. The summed E-state index contributed by atoms with van der Waals surface area (Å²) in [6, 6.07) is 25.9. The number of hydrogen-bond acceptors (Lipinski definition) is 5. The molecule has 0 spiro atoms. The molecule has 0 aliphatic carbocycles. The molecule has 0 fully saturated rings. The predicted molar refractivity (Wildman–Crippen MR) is 124 cm³/mol. The van der Waals surface area contributed by atoms with Crippen LogP contribution < -0.4 is 10.1 Å². The largest absolute Gasteiger partial charge is 0.457 e. The molecular formula is C25H19N3OS. The van der Waals surface area contributed by atoms with E-state index < -0.39 is 0 Å². The maximum absolute atomic E-state index is 5.86. The van der Waals surface area contributed by atoms with Crippen molar-refractivity contribution >= 4 is 32.9 Å². The van der Waals surface area contributed by atoms with Gasteiger partial charge in [-0.3, -0.25) is 0 Å². The normalized spacial score (nSPS) is 10.8. The molecule has 2 aromatic heterocycles. The molecule has 0 aliphatic heterocycles. The van der Waals surface area contributed by atoms with Crippen LogP contribution in [0.2, 0.25) is 0 Å². The molecule has 3 aromatic carbocycles. The zero-order valence-electron chi connectivity index (χ0n) is 16.4. The van der Waals surface area contributed by atoms with Gasteiger partial charge in [0.2, 0.25) is 0 Å². The lowest BCUT2D eigenvalue weighted by Crippen LogP contribution is -2.00. The van der Waals surface area contributed by atoms with Crippen LogP contribution in [0.15, 0.2) is 90.4 Å². The van der Waals surface area contributed by atoms with E-state index in [0.717, 1.165) is 40.0 Å². The number of aromatic nitrogens is 2. The van der Waals surface area contributed by atoms with Crippen LogP contribution in [0.3, 0.4) is 0 Å². The fourth-order valence-electron chi connectivity index (χ4n) is 3.22. The molecular weight excluding hydrogens is 390 g/mol. The molecule has 0 bridgehead atoms. The number of thiophene rings is 1. The van der Waals surface area contributed by atoms with Crippen molar-refractivity contribution in [2.45, 2.75) is 6.92 Å². The number of aryl methyl sites for hydroxylation is 1. The van der Waals surface area contributed by atoms with Gasteiger partial charge >= 0.3 is 0 Å². The minimum absolute atomic E-state index is 0.726. The molecule has 4 nitrogen and oxygen atoms in total. The summed E-state index contributed by atoms with van der Waals surface area (Å²) in [6.07, 6.45) is 1.87. The molecule has 5 aromatic rings. The smallest absolute Gasteiger partial charge is 0.162 e. The Labute approximate surface area is 178 Å². The number of benzene rings is 3. The number of para-hydroxylation sites is 1. The van der Waals surface area contributed by atoms with Crippen LogP contribution in [0, 0.1) is 6.92 Å². The topological polar surface area (TPSA) is 47.0 Å². The Morgan fingerprint density at radius 2 is 1.57 bits per heavy atom. The summed E-state index contributed by atoms with van der Waals surface area (Å²) in [4.78, 5) is 9.37. The summed E-state index contributed by atoms with van der Waals surface area (Å²) in [6.45, 7) is 2.00. The van der Waals surface area contributed by atoms with Gasteiger partial charge < -0.3 is 10.1 Å². The monoisotopic (exact) mass is 409 g/mol. The van der Waals surface area contributed by atoms with Gasteiger partial charge in [-0.05, 0) is 49.4 Å². The molecule has 0 saturated heterocycles. The molecule has 146 valence electrons. The van der Waals surface area contributed by atoms with Crippen LogP contribution in [-0.2, 0) is 0 Å². The second-order valence-electron chi connectivity index (χ2n) is 6.94. The van der Waals surface area contributed by atoms with E-state index in [0.29, 0.717) is 0 Å². The first-order valence-electron chi connectivity index (χ1n) is 9.66. The zero-order chi connectivity index (χ0) is 20.3. The Morgan fingerprint density at radius 3 is 2.40 bits per heavy atom. The van der Waals surface area contributed by atoms with Crippen molar-refractivity contribution in [1.82, 2.24) is 9.97 Å². The van der Waals surface area contributed by atoms with Gasteiger partial charge in [0.25, 0.3) is 0 Å². The van der Waals surface area contributed by atoms with E-state index in [1.54, 1.807) is 11.3 Å². The highest BCUT2D eigenvalue weighted by Gasteiger charge is 2.11. The van der Waals surface area contributed by atoms with Gasteiger partial charge in [0.15, 0.2) is 5.82 Å². The maximum atomic E-state index is 5.86. The molecule has 0 saturated carbocycles. The lowest BCUT2D eigenvalue weighted by Gasteiger charge is -2.11. The first-order chi connectivity index (χ1) is 14.8. The van der Waals surface area contributed by atoms with E-state index in [-0.39, 0.29) is 0 Å². The Balaban J connectivity index is 1.39. The van der Waals surface area contributed by atoms with Crippen molar-refractivity contribution in [2.24, 2.45) is 0 Å². The van der Waals surface area contributed by atoms with E-state index >= 15 is 0 Å². The van der Waals surface area contributed by atoms with Gasteiger partial charge in [-0.15, -0.1) is 11.3 Å². The van der Waals surface area contributed by atoms with Crippen LogP contribution in [-0.4, -0.2) is 9.97 Å². The third-order valence-corrected chi connectivity index (χ3v) is 5.75. The molecule has 1 N–H and O–H groups in total. The van der Waals surface area contributed by atoms with Crippen LogP contribution in [0.4, 0.5) is 11.5 Å². The SMILES string of the molecule is Cc1cnc(-c2csc3ccccc23)nc1Nc1ccc(Oc2ccccc2)cc1. The minimum Gasteiger partial charge on any atom is -0.457 e. The number of ether oxygens (including phenoxy) is 1. The van der Waals surface area contributed by atoms with Crippen LogP contribution in [0.5, 0.6) is 11.5 Å². The second-order valence-corrected chi connectivity index (χ2v) is 7.85. The molecule has 0 radical (unpaired) electrons. The molecule has 5 rings (SSSR count). The summed E-state index contributed by atoms with van der Waals surface area (Å²) < 4.78 is 7.10. The quantitative estimate of drug-likeness (QED) is 0.333. The summed E-state index contributed by atoms with van der Waals surface area (Å²) >= 11 is 1.71. The molecule has 0 amide bonds. The number of nitrogens with zero attached hydrogens (tertiary/aromatic N) is 2. The third-order valence-electron chi connectivity index (χ3n) is 4.79. The molecule has 30 heavy (non-hydrogen) atoms. The molecule has 0 aliphatic rings. The highest BCUT2D eigenvalue weighted by atomic mass is 32.1. The van der Waals surface area contributed by atoms with E-state index in [1.165, 1.54) is 10.1 Å². The minimum atomic E-state index is 0.726. The second kappa shape index (κ2) is 7.97. The lowest BCUT2D eigenvalue weighted by atomic mass is 10.1. The molecule has 5 heteroatoms. The van der Waals surface area contributed by atoms with Crippen LogP contribution >= 0.6 is 11.3 Å². The standard InChI is InChI=1S/C25H19N3OS/c1-17-15-26-25(22-16-30-23-10-6-5-9-21(22)23)28-24(17)27-18-11-13-20(14-12-18)29-19-7-3-2-4-8-19/h2-16H,1H3,(H,26,27,28). The van der Waals surface area contributed by atoms with Crippen molar-refractivity contribution in [1.29, 1.82) is 0 Å². The van der Waals surface area contributed by atoms with Crippen molar-refractivity contribution in [3.63, 3.8) is 0 Å². The van der Waals surface area contributed by atoms with Crippen molar-refractivity contribution in [3.8, 4) is 22.9 Å². The van der Waals surface area contributed by atoms with Gasteiger partial charge in [0.1, 0.15) is 17.3 Å². The van der Waals surface area contributed by atoms with Gasteiger partial charge in [-0.25, -0.2) is 9.97 Å². The van der Waals surface area contributed by atoms with Gasteiger partial charge in [0.05, 0.1) is 0 Å². The third kappa shape index (κ3) is 3.75. The number of hydrogen-bond donors (Lipinski definition) is 1. The fraction of sp³-hybridized carbons (Fsp3) is 0.0400. The lowest BCUT2D eigenvalue weighted by molar-refractivity contribution is 0.483. The van der Waals surface area contributed by atoms with E-state index in [2.05, 4.69) is 33.9 Å². The summed E-state index contributed by atoms with van der Waals surface area (Å²) in [5.41, 5.74) is 2.99. The van der Waals surface area contributed by atoms with Crippen LogP contribution in [0.1, 0.15) is 5.56 Å². The first-order valence-corrected chi connectivity index (χ1v) is 10.5. The number of anilines is 2.